The molecule has 9 heteroatoms. The number of hydrogen-bond acceptors (Lipinski definition) is 5. The molecule has 2 aromatic rings. The first-order valence-corrected chi connectivity index (χ1v) is 8.78. The highest BCUT2D eigenvalue weighted by atomic mass is 35.5. The maximum absolute atomic E-state index is 12.2. The predicted molar refractivity (Wildman–Crippen MR) is 103 cm³/mol. The Hall–Kier alpha value is -2.19. The molecule has 2 amide bonds. The molecule has 0 radical (unpaired) electrons. The van der Waals surface area contributed by atoms with Gasteiger partial charge in [-0.25, -0.2) is 9.48 Å². The minimum atomic E-state index is -0.180. The van der Waals surface area contributed by atoms with Crippen molar-refractivity contribution in [2.75, 3.05) is 25.0 Å². The smallest absolute Gasteiger partial charge is 0.319 e. The van der Waals surface area contributed by atoms with Gasteiger partial charge in [0.05, 0.1) is 0 Å². The monoisotopic (exact) mass is 379 g/mol. The number of nitrogens with one attached hydrogen (secondary N) is 3. The molecule has 1 unspecified atom stereocenters. The topological polar surface area (TPSA) is 96.8 Å². The highest BCUT2D eigenvalue weighted by Gasteiger charge is 2.14. The summed E-state index contributed by atoms with van der Waals surface area (Å²) in [6, 6.07) is 5.74. The maximum atomic E-state index is 12.2. The zero-order chi connectivity index (χ0) is 17.6. The Bertz CT molecular complexity index is 728. The number of benzene rings is 1. The highest BCUT2D eigenvalue weighted by Crippen LogP contribution is 2.23. The van der Waals surface area contributed by atoms with Gasteiger partial charge in [-0.05, 0) is 72.5 Å². The Labute approximate surface area is 159 Å². The molecule has 1 aromatic heterocycles. The molecule has 0 spiro atoms. The predicted octanol–water partition coefficient (Wildman–Crippen LogP) is 1.98. The van der Waals surface area contributed by atoms with Crippen LogP contribution < -0.4 is 16.0 Å². The fraction of sp³-hybridized carbons (Fsp3) is 0.529. The molecule has 8 nitrogen and oxygen atoms in total. The van der Waals surface area contributed by atoms with Crippen molar-refractivity contribution in [1.29, 1.82) is 0 Å². The van der Waals surface area contributed by atoms with Crippen LogP contribution in [0.1, 0.15) is 25.3 Å². The van der Waals surface area contributed by atoms with Gasteiger partial charge < -0.3 is 16.0 Å². The van der Waals surface area contributed by atoms with Gasteiger partial charge in [0.2, 0.25) is 0 Å². The Morgan fingerprint density at radius 2 is 2.23 bits per heavy atom. The molecule has 1 aliphatic rings. The van der Waals surface area contributed by atoms with Gasteiger partial charge in [0.1, 0.15) is 0 Å². The van der Waals surface area contributed by atoms with Gasteiger partial charge in [-0.1, -0.05) is 6.92 Å². The summed E-state index contributed by atoms with van der Waals surface area (Å²) in [6.07, 6.45) is 3.19. The van der Waals surface area contributed by atoms with E-state index in [1.807, 2.05) is 18.2 Å². The molecule has 0 saturated carbocycles. The highest BCUT2D eigenvalue weighted by molar-refractivity contribution is 5.90. The molecule has 1 saturated heterocycles. The SMILES string of the molecule is CCc1cc(NC(=O)NCC2CCCNC2)cc(-c2nnnn2C)c1.Cl. The molecule has 3 rings (SSSR count). The summed E-state index contributed by atoms with van der Waals surface area (Å²) in [4.78, 5) is 12.2. The summed E-state index contributed by atoms with van der Waals surface area (Å²) in [5, 5.41) is 20.9. The summed E-state index contributed by atoms with van der Waals surface area (Å²) in [5.74, 6) is 1.17. The fourth-order valence-corrected chi connectivity index (χ4v) is 3.08. The second-order valence-corrected chi connectivity index (χ2v) is 6.45. The number of carbonyl (C=O) groups is 1. The summed E-state index contributed by atoms with van der Waals surface area (Å²) in [6.45, 7) is 4.81. The summed E-state index contributed by atoms with van der Waals surface area (Å²) < 4.78 is 1.62. The zero-order valence-corrected chi connectivity index (χ0v) is 16.0. The van der Waals surface area contributed by atoms with Crippen LogP contribution in [0, 0.1) is 5.92 Å². The van der Waals surface area contributed by atoms with E-state index in [1.165, 1.54) is 6.42 Å². The molecule has 1 fully saturated rings. The van der Waals surface area contributed by atoms with Crippen LogP contribution >= 0.6 is 12.4 Å². The minimum Gasteiger partial charge on any atom is -0.338 e. The third kappa shape index (κ3) is 5.15. The van der Waals surface area contributed by atoms with Gasteiger partial charge in [-0.15, -0.1) is 17.5 Å². The van der Waals surface area contributed by atoms with E-state index in [9.17, 15) is 4.79 Å². The van der Waals surface area contributed by atoms with Crippen molar-refractivity contribution in [3.05, 3.63) is 23.8 Å². The van der Waals surface area contributed by atoms with Crippen LogP contribution in [0.3, 0.4) is 0 Å². The largest absolute Gasteiger partial charge is 0.338 e. The summed E-state index contributed by atoms with van der Waals surface area (Å²) in [7, 11) is 1.80. The molecule has 0 bridgehead atoms. The van der Waals surface area contributed by atoms with Gasteiger partial charge in [-0.2, -0.15) is 0 Å². The molecule has 1 atom stereocenters. The van der Waals surface area contributed by atoms with E-state index in [4.69, 9.17) is 0 Å². The molecule has 0 aliphatic carbocycles. The lowest BCUT2D eigenvalue weighted by molar-refractivity contribution is 0.248. The summed E-state index contributed by atoms with van der Waals surface area (Å²) in [5.41, 5.74) is 2.75. The van der Waals surface area contributed by atoms with Crippen molar-refractivity contribution in [3.8, 4) is 11.4 Å². The standard InChI is InChI=1S/C17H25N7O.ClH/c1-3-12-7-14(16-21-22-23-24(16)2)9-15(8-12)20-17(25)19-11-13-5-4-6-18-10-13;/h7-9,13,18H,3-6,10-11H2,1-2H3,(H2,19,20,25);1H. The van der Waals surface area contributed by atoms with Gasteiger partial charge in [0.15, 0.2) is 5.82 Å². The lowest BCUT2D eigenvalue weighted by atomic mass is 10.00. The molecule has 142 valence electrons. The van der Waals surface area contributed by atoms with E-state index in [0.29, 0.717) is 18.3 Å². The number of piperidine rings is 1. The van der Waals surface area contributed by atoms with E-state index in [-0.39, 0.29) is 18.4 Å². The van der Waals surface area contributed by atoms with E-state index >= 15 is 0 Å². The maximum Gasteiger partial charge on any atom is 0.319 e. The molecule has 1 aromatic carbocycles. The van der Waals surface area contributed by atoms with E-state index in [2.05, 4.69) is 38.4 Å². The van der Waals surface area contributed by atoms with Crippen LogP contribution in [-0.2, 0) is 13.5 Å². The number of nitrogens with zero attached hydrogens (tertiary/aromatic N) is 4. The quantitative estimate of drug-likeness (QED) is 0.738. The molecule has 1 aliphatic heterocycles. The first-order chi connectivity index (χ1) is 12.2. The molecular weight excluding hydrogens is 354 g/mol. The normalized spacial score (nSPS) is 16.6. The van der Waals surface area contributed by atoms with Crippen molar-refractivity contribution < 1.29 is 4.79 Å². The lowest BCUT2D eigenvalue weighted by Gasteiger charge is -2.23. The van der Waals surface area contributed by atoms with Crippen molar-refractivity contribution in [3.63, 3.8) is 0 Å². The number of aromatic nitrogens is 4. The number of anilines is 1. The van der Waals surface area contributed by atoms with Crippen LogP contribution in [0.25, 0.3) is 11.4 Å². The van der Waals surface area contributed by atoms with Crippen molar-refractivity contribution in [2.45, 2.75) is 26.2 Å². The number of carbonyl (C=O) groups excluding carboxylic acids is 1. The Balaban J connectivity index is 0.00000243. The number of urea groups is 1. The van der Waals surface area contributed by atoms with Crippen LogP contribution in [-0.4, -0.2) is 45.9 Å². The Morgan fingerprint density at radius 3 is 2.88 bits per heavy atom. The first-order valence-electron chi connectivity index (χ1n) is 8.78. The average molecular weight is 380 g/mol. The Morgan fingerprint density at radius 1 is 1.38 bits per heavy atom. The van der Waals surface area contributed by atoms with Gasteiger partial charge >= 0.3 is 6.03 Å². The molecular formula is C17H26ClN7O. The van der Waals surface area contributed by atoms with Gasteiger partial charge in [0.25, 0.3) is 0 Å². The van der Waals surface area contributed by atoms with E-state index in [0.717, 1.165) is 42.7 Å². The van der Waals surface area contributed by atoms with E-state index < -0.39 is 0 Å². The van der Waals surface area contributed by atoms with Gasteiger partial charge in [0, 0.05) is 24.8 Å². The van der Waals surface area contributed by atoms with Gasteiger partial charge in [-0.3, -0.25) is 0 Å². The van der Waals surface area contributed by atoms with Crippen LogP contribution in [0.4, 0.5) is 10.5 Å². The number of amides is 2. The molecule has 3 N–H and O–H groups in total. The number of rotatable bonds is 5. The third-order valence-corrected chi connectivity index (χ3v) is 4.49. The second kappa shape index (κ2) is 9.49. The number of hydrogen-bond donors (Lipinski definition) is 3. The van der Waals surface area contributed by atoms with Crippen molar-refractivity contribution >= 4 is 24.1 Å². The fourth-order valence-electron chi connectivity index (χ4n) is 3.08. The number of aryl methyl sites for hydroxylation is 2. The number of tetrazole rings is 1. The average Bonchev–Trinajstić information content (AvgIpc) is 3.06. The van der Waals surface area contributed by atoms with Crippen molar-refractivity contribution in [1.82, 2.24) is 30.8 Å². The molecule has 26 heavy (non-hydrogen) atoms. The molecule has 2 heterocycles. The summed E-state index contributed by atoms with van der Waals surface area (Å²) >= 11 is 0. The second-order valence-electron chi connectivity index (χ2n) is 6.45. The third-order valence-electron chi connectivity index (χ3n) is 4.49. The van der Waals surface area contributed by atoms with Crippen LogP contribution in [0.2, 0.25) is 0 Å². The Kier molecular flexibility index (Phi) is 7.35. The first kappa shape index (κ1) is 20.1. The number of halogens is 1. The minimum absolute atomic E-state index is 0. The lowest BCUT2D eigenvalue weighted by Crippen LogP contribution is -2.39. The van der Waals surface area contributed by atoms with Crippen molar-refractivity contribution in [2.24, 2.45) is 13.0 Å². The van der Waals surface area contributed by atoms with Crippen LogP contribution in [0.15, 0.2) is 18.2 Å². The van der Waals surface area contributed by atoms with E-state index in [1.54, 1.807) is 11.7 Å². The van der Waals surface area contributed by atoms with Crippen LogP contribution in [0.5, 0.6) is 0 Å². The zero-order valence-electron chi connectivity index (χ0n) is 15.2.